The number of hydrogen-bond acceptors (Lipinski definition) is 2. The lowest BCUT2D eigenvalue weighted by Crippen LogP contribution is -2.33. The Morgan fingerprint density at radius 2 is 0.882 bits per heavy atom. The molecule has 0 saturated carbocycles. The molecule has 0 aromatic heterocycles. The summed E-state index contributed by atoms with van der Waals surface area (Å²) in [5.74, 6) is 0. The Morgan fingerprint density at radius 1 is 0.500 bits per heavy atom. The second kappa shape index (κ2) is 11.7. The van der Waals surface area contributed by atoms with Crippen molar-refractivity contribution in [2.75, 3.05) is 0 Å². The summed E-state index contributed by atoms with van der Waals surface area (Å²) >= 11 is 0. The van der Waals surface area contributed by atoms with E-state index in [0.29, 0.717) is 0 Å². The summed E-state index contributed by atoms with van der Waals surface area (Å²) in [5, 5.41) is 4.89. The van der Waals surface area contributed by atoms with Crippen molar-refractivity contribution in [3.8, 4) is 0 Å². The van der Waals surface area contributed by atoms with Gasteiger partial charge in [-0.05, 0) is 12.8 Å². The molecule has 4 aromatic rings. The minimum atomic E-state index is -0.958. The molecular formula is C30H28O2P2. The van der Waals surface area contributed by atoms with Crippen molar-refractivity contribution >= 4 is 37.5 Å². The SMILES string of the molecule is C1=C[C@@H](OP(c2ccccc2)c2ccccc2)[C@H](OP(c2ccccc2)c2ccccc2)CC1. The van der Waals surface area contributed by atoms with Crippen LogP contribution in [0.3, 0.4) is 0 Å². The zero-order valence-electron chi connectivity index (χ0n) is 19.0. The Morgan fingerprint density at radius 3 is 1.29 bits per heavy atom. The highest BCUT2D eigenvalue weighted by atomic mass is 31.1. The van der Waals surface area contributed by atoms with E-state index < -0.39 is 16.3 Å². The largest absolute Gasteiger partial charge is 0.343 e. The summed E-state index contributed by atoms with van der Waals surface area (Å²) in [6.45, 7) is 0. The minimum Gasteiger partial charge on any atom is -0.343 e. The van der Waals surface area contributed by atoms with Crippen molar-refractivity contribution in [2.45, 2.75) is 25.0 Å². The monoisotopic (exact) mass is 482 g/mol. The Hall–Kier alpha value is -2.60. The van der Waals surface area contributed by atoms with E-state index in [0.717, 1.165) is 12.8 Å². The molecular weight excluding hydrogens is 454 g/mol. The van der Waals surface area contributed by atoms with Crippen molar-refractivity contribution in [3.63, 3.8) is 0 Å². The smallest absolute Gasteiger partial charge is 0.107 e. The van der Waals surface area contributed by atoms with Crippen LogP contribution in [0, 0.1) is 0 Å². The molecule has 1 aliphatic carbocycles. The molecule has 4 heteroatoms. The second-order valence-electron chi connectivity index (χ2n) is 8.15. The van der Waals surface area contributed by atoms with Crippen LogP contribution in [0.15, 0.2) is 133 Å². The molecule has 0 N–H and O–H groups in total. The van der Waals surface area contributed by atoms with Crippen LogP contribution in [-0.2, 0) is 9.05 Å². The second-order valence-corrected chi connectivity index (χ2v) is 11.8. The summed E-state index contributed by atoms with van der Waals surface area (Å²) in [4.78, 5) is 0. The third-order valence-electron chi connectivity index (χ3n) is 5.74. The van der Waals surface area contributed by atoms with Gasteiger partial charge in [0.05, 0.1) is 22.4 Å². The molecule has 0 amide bonds. The molecule has 0 radical (unpaired) electrons. The normalized spacial score (nSPS) is 17.8. The van der Waals surface area contributed by atoms with Crippen molar-refractivity contribution in [1.82, 2.24) is 0 Å². The van der Waals surface area contributed by atoms with Crippen LogP contribution in [0.2, 0.25) is 0 Å². The minimum absolute atomic E-state index is 0.00560. The molecule has 5 rings (SSSR count). The maximum Gasteiger partial charge on any atom is 0.107 e. The summed E-state index contributed by atoms with van der Waals surface area (Å²) in [5.41, 5.74) is 0. The van der Waals surface area contributed by atoms with Gasteiger partial charge in [0.15, 0.2) is 0 Å². The third-order valence-corrected chi connectivity index (χ3v) is 9.75. The zero-order valence-corrected chi connectivity index (χ0v) is 20.8. The lowest BCUT2D eigenvalue weighted by Gasteiger charge is -2.34. The molecule has 0 unspecified atom stereocenters. The van der Waals surface area contributed by atoms with Gasteiger partial charge in [-0.2, -0.15) is 0 Å². The Kier molecular flexibility index (Phi) is 7.97. The van der Waals surface area contributed by atoms with Crippen LogP contribution < -0.4 is 21.2 Å². The molecule has 2 atom stereocenters. The fraction of sp³-hybridized carbons (Fsp3) is 0.133. The predicted molar refractivity (Wildman–Crippen MR) is 146 cm³/mol. The number of allylic oxidation sites excluding steroid dienone is 1. The summed E-state index contributed by atoms with van der Waals surface area (Å²) < 4.78 is 13.9. The number of rotatable bonds is 8. The lowest BCUT2D eigenvalue weighted by molar-refractivity contribution is 0.0950. The molecule has 0 spiro atoms. The quantitative estimate of drug-likeness (QED) is 0.220. The maximum atomic E-state index is 6.95. The van der Waals surface area contributed by atoms with Gasteiger partial charge in [0.1, 0.15) is 6.10 Å². The standard InChI is InChI=1S/C30H28O2P2/c1-5-15-25(16-6-1)33(26-17-7-2-8-18-26)31-29-23-13-14-24-30(29)32-34(27-19-9-3-10-20-27)28-21-11-4-12-22-28/h1-13,15-23,29-30H,14,24H2/t29-,30-/m1/s1. The van der Waals surface area contributed by atoms with Crippen molar-refractivity contribution in [3.05, 3.63) is 133 Å². The predicted octanol–water partition coefficient (Wildman–Crippen LogP) is 6.20. The van der Waals surface area contributed by atoms with Crippen LogP contribution in [-0.4, -0.2) is 12.2 Å². The van der Waals surface area contributed by atoms with Crippen LogP contribution >= 0.6 is 16.3 Å². The van der Waals surface area contributed by atoms with Crippen LogP contribution in [0.4, 0.5) is 0 Å². The fourth-order valence-electron chi connectivity index (χ4n) is 4.05. The Labute approximate surface area is 204 Å². The van der Waals surface area contributed by atoms with E-state index in [1.54, 1.807) is 0 Å². The molecule has 34 heavy (non-hydrogen) atoms. The molecule has 4 aromatic carbocycles. The Balaban J connectivity index is 1.44. The average molecular weight is 483 g/mol. The van der Waals surface area contributed by atoms with Crippen molar-refractivity contribution in [2.24, 2.45) is 0 Å². The van der Waals surface area contributed by atoms with Gasteiger partial charge < -0.3 is 9.05 Å². The van der Waals surface area contributed by atoms with Gasteiger partial charge in [-0.3, -0.25) is 0 Å². The highest BCUT2D eigenvalue weighted by Crippen LogP contribution is 2.43. The van der Waals surface area contributed by atoms with Crippen LogP contribution in [0.1, 0.15) is 12.8 Å². The van der Waals surface area contributed by atoms with Crippen LogP contribution in [0.25, 0.3) is 0 Å². The molecule has 0 aliphatic heterocycles. The van der Waals surface area contributed by atoms with Gasteiger partial charge in [0.25, 0.3) is 0 Å². The van der Waals surface area contributed by atoms with Crippen molar-refractivity contribution in [1.29, 1.82) is 0 Å². The van der Waals surface area contributed by atoms with Gasteiger partial charge in [-0.15, -0.1) is 0 Å². The molecule has 0 heterocycles. The first-order chi connectivity index (χ1) is 16.9. The maximum absolute atomic E-state index is 6.95. The average Bonchev–Trinajstić information content (AvgIpc) is 2.93. The highest BCUT2D eigenvalue weighted by molar-refractivity contribution is 7.69. The van der Waals surface area contributed by atoms with E-state index in [1.807, 2.05) is 0 Å². The zero-order chi connectivity index (χ0) is 23.0. The Bertz CT molecular complexity index is 1090. The molecule has 170 valence electrons. The molecule has 2 nitrogen and oxygen atoms in total. The van der Waals surface area contributed by atoms with E-state index in [9.17, 15) is 0 Å². The van der Waals surface area contributed by atoms with E-state index in [4.69, 9.17) is 9.05 Å². The molecule has 0 fully saturated rings. The van der Waals surface area contributed by atoms with Gasteiger partial charge in [0, 0.05) is 21.2 Å². The van der Waals surface area contributed by atoms with Crippen molar-refractivity contribution < 1.29 is 9.05 Å². The van der Waals surface area contributed by atoms with Gasteiger partial charge in [-0.1, -0.05) is 133 Å². The number of hydrogen-bond donors (Lipinski definition) is 0. The molecule has 0 bridgehead atoms. The van der Waals surface area contributed by atoms with E-state index in [1.165, 1.54) is 21.2 Å². The molecule has 1 aliphatic rings. The summed E-state index contributed by atoms with van der Waals surface area (Å²) in [6, 6.07) is 42.3. The van der Waals surface area contributed by atoms with Gasteiger partial charge in [0.2, 0.25) is 0 Å². The summed E-state index contributed by atoms with van der Waals surface area (Å²) in [6.07, 6.45) is 6.30. The first kappa shape index (κ1) is 23.2. The first-order valence-corrected chi connectivity index (χ1v) is 14.2. The van der Waals surface area contributed by atoms with E-state index in [-0.39, 0.29) is 12.2 Å². The van der Waals surface area contributed by atoms with Gasteiger partial charge in [-0.25, -0.2) is 0 Å². The first-order valence-electron chi connectivity index (χ1n) is 11.7. The third kappa shape index (κ3) is 5.72. The lowest BCUT2D eigenvalue weighted by atomic mass is 10.0. The van der Waals surface area contributed by atoms with Gasteiger partial charge >= 0.3 is 0 Å². The van der Waals surface area contributed by atoms with E-state index >= 15 is 0 Å². The van der Waals surface area contributed by atoms with E-state index in [2.05, 4.69) is 133 Å². The fourth-order valence-corrected chi connectivity index (χ4v) is 7.85. The van der Waals surface area contributed by atoms with Crippen LogP contribution in [0.5, 0.6) is 0 Å². The summed E-state index contributed by atoms with van der Waals surface area (Å²) in [7, 11) is -1.90. The number of benzene rings is 4. The topological polar surface area (TPSA) is 18.5 Å². The molecule has 0 saturated heterocycles. The highest BCUT2D eigenvalue weighted by Gasteiger charge is 2.31.